The highest BCUT2D eigenvalue weighted by molar-refractivity contribution is 6.06. The van der Waals surface area contributed by atoms with Crippen LogP contribution in [-0.4, -0.2) is 27.3 Å². The molecular formula is C12H15N5O4. The molecule has 0 atom stereocenters. The third kappa shape index (κ3) is 2.63. The van der Waals surface area contributed by atoms with Gasteiger partial charge in [-0.25, -0.2) is 4.79 Å². The van der Waals surface area contributed by atoms with Crippen molar-refractivity contribution in [1.82, 2.24) is 10.2 Å². The van der Waals surface area contributed by atoms with E-state index >= 15 is 0 Å². The van der Waals surface area contributed by atoms with Crippen molar-refractivity contribution < 1.29 is 14.5 Å². The van der Waals surface area contributed by atoms with Gasteiger partial charge in [-0.3, -0.25) is 25.7 Å². The van der Waals surface area contributed by atoms with Gasteiger partial charge in [0.1, 0.15) is 11.2 Å². The Balaban J connectivity index is 2.29. The standard InChI is InChI=1S/C12H15N5O4/c1-12(2)10(18)16(11(19)14-12)6-7-3-4-8(15-13)9(5-7)17(20)21/h3-5,15H,6,13H2,1-2H3,(H,14,19). The van der Waals surface area contributed by atoms with E-state index in [1.54, 1.807) is 19.9 Å². The summed E-state index contributed by atoms with van der Waals surface area (Å²) in [6.07, 6.45) is 0. The second-order valence-corrected chi connectivity index (χ2v) is 5.20. The molecule has 112 valence electrons. The number of amides is 3. The summed E-state index contributed by atoms with van der Waals surface area (Å²) in [5, 5.41) is 13.5. The van der Waals surface area contributed by atoms with Crippen LogP contribution >= 0.6 is 0 Å². The van der Waals surface area contributed by atoms with Gasteiger partial charge >= 0.3 is 6.03 Å². The first-order valence-corrected chi connectivity index (χ1v) is 6.14. The molecule has 0 aliphatic carbocycles. The van der Waals surface area contributed by atoms with Crippen LogP contribution in [0.1, 0.15) is 19.4 Å². The minimum Gasteiger partial charge on any atom is -0.324 e. The molecule has 0 aromatic heterocycles. The Hall–Kier alpha value is -2.68. The number of hydrazine groups is 1. The lowest BCUT2D eigenvalue weighted by Gasteiger charge is -2.16. The molecule has 1 fully saturated rings. The molecule has 2 rings (SSSR count). The third-order valence-electron chi connectivity index (χ3n) is 3.20. The van der Waals surface area contributed by atoms with Gasteiger partial charge in [-0.05, 0) is 25.5 Å². The SMILES string of the molecule is CC1(C)NC(=O)N(Cc2ccc(NN)c([N+](=O)[O-])c2)C1=O. The number of urea groups is 1. The number of nitrogen functional groups attached to an aromatic ring is 1. The summed E-state index contributed by atoms with van der Waals surface area (Å²) in [7, 11) is 0. The Kier molecular flexibility index (Phi) is 3.52. The number of rotatable bonds is 4. The van der Waals surface area contributed by atoms with Crippen LogP contribution in [-0.2, 0) is 11.3 Å². The quantitative estimate of drug-likeness (QED) is 0.324. The number of imide groups is 1. The van der Waals surface area contributed by atoms with E-state index in [1.807, 2.05) is 0 Å². The number of hydrogen-bond acceptors (Lipinski definition) is 6. The van der Waals surface area contributed by atoms with Crippen LogP contribution in [0.2, 0.25) is 0 Å². The highest BCUT2D eigenvalue weighted by atomic mass is 16.6. The lowest BCUT2D eigenvalue weighted by Crippen LogP contribution is -2.40. The Morgan fingerprint density at radius 3 is 2.57 bits per heavy atom. The van der Waals surface area contributed by atoms with Crippen LogP contribution in [0.5, 0.6) is 0 Å². The van der Waals surface area contributed by atoms with Gasteiger partial charge in [0.25, 0.3) is 11.6 Å². The molecule has 3 amide bonds. The molecule has 9 heteroatoms. The van der Waals surface area contributed by atoms with Crippen molar-refractivity contribution in [3.8, 4) is 0 Å². The molecule has 0 spiro atoms. The summed E-state index contributed by atoms with van der Waals surface area (Å²) in [6.45, 7) is 3.15. The first-order chi connectivity index (χ1) is 9.76. The van der Waals surface area contributed by atoms with Crippen LogP contribution in [0.15, 0.2) is 18.2 Å². The molecule has 9 nitrogen and oxygen atoms in total. The number of carbonyl (C=O) groups excluding carboxylic acids is 2. The van der Waals surface area contributed by atoms with Gasteiger partial charge in [-0.2, -0.15) is 0 Å². The summed E-state index contributed by atoms with van der Waals surface area (Å²) in [5.74, 6) is 4.82. The summed E-state index contributed by atoms with van der Waals surface area (Å²) in [5.41, 5.74) is 1.65. The molecule has 0 unspecified atom stereocenters. The second kappa shape index (κ2) is 5.02. The summed E-state index contributed by atoms with van der Waals surface area (Å²) < 4.78 is 0. The van der Waals surface area contributed by atoms with Crippen molar-refractivity contribution in [3.63, 3.8) is 0 Å². The van der Waals surface area contributed by atoms with Crippen molar-refractivity contribution in [1.29, 1.82) is 0 Å². The fourth-order valence-electron chi connectivity index (χ4n) is 2.09. The van der Waals surface area contributed by atoms with E-state index in [1.165, 1.54) is 12.1 Å². The maximum Gasteiger partial charge on any atom is 0.325 e. The molecule has 1 aromatic carbocycles. The maximum absolute atomic E-state index is 12.1. The van der Waals surface area contributed by atoms with Gasteiger partial charge in [-0.15, -0.1) is 0 Å². The van der Waals surface area contributed by atoms with Crippen LogP contribution in [0.3, 0.4) is 0 Å². The molecule has 21 heavy (non-hydrogen) atoms. The first-order valence-electron chi connectivity index (χ1n) is 6.14. The van der Waals surface area contributed by atoms with E-state index in [0.29, 0.717) is 5.56 Å². The molecular weight excluding hydrogens is 278 g/mol. The lowest BCUT2D eigenvalue weighted by molar-refractivity contribution is -0.384. The van der Waals surface area contributed by atoms with Crippen molar-refractivity contribution in [2.45, 2.75) is 25.9 Å². The minimum absolute atomic E-state index is 0.0419. The largest absolute Gasteiger partial charge is 0.325 e. The molecule has 0 bridgehead atoms. The Morgan fingerprint density at radius 2 is 2.10 bits per heavy atom. The minimum atomic E-state index is -0.970. The molecule has 0 saturated carbocycles. The Bertz CT molecular complexity index is 628. The zero-order valence-corrected chi connectivity index (χ0v) is 11.5. The maximum atomic E-state index is 12.1. The van der Waals surface area contributed by atoms with Crippen LogP contribution in [0, 0.1) is 10.1 Å². The topological polar surface area (TPSA) is 131 Å². The van der Waals surface area contributed by atoms with E-state index in [2.05, 4.69) is 10.7 Å². The summed E-state index contributed by atoms with van der Waals surface area (Å²) in [4.78, 5) is 35.2. The van der Waals surface area contributed by atoms with Gasteiger partial charge in [0.05, 0.1) is 11.5 Å². The molecule has 1 aromatic rings. The van der Waals surface area contributed by atoms with Gasteiger partial charge in [0, 0.05) is 6.07 Å². The van der Waals surface area contributed by atoms with E-state index in [-0.39, 0.29) is 23.8 Å². The number of hydrogen-bond donors (Lipinski definition) is 3. The number of carbonyl (C=O) groups is 2. The monoisotopic (exact) mass is 293 g/mol. The van der Waals surface area contributed by atoms with Crippen molar-refractivity contribution in [3.05, 3.63) is 33.9 Å². The fourth-order valence-corrected chi connectivity index (χ4v) is 2.09. The predicted octanol–water partition coefficient (Wildman–Crippen LogP) is 0.711. The highest BCUT2D eigenvalue weighted by Gasteiger charge is 2.44. The van der Waals surface area contributed by atoms with E-state index in [0.717, 1.165) is 4.90 Å². The van der Waals surface area contributed by atoms with Gasteiger partial charge in [0.2, 0.25) is 0 Å². The molecule has 0 radical (unpaired) electrons. The van der Waals surface area contributed by atoms with Crippen LogP contribution in [0.4, 0.5) is 16.2 Å². The van der Waals surface area contributed by atoms with Crippen LogP contribution in [0.25, 0.3) is 0 Å². The number of nitro benzene ring substituents is 1. The first kappa shape index (κ1) is 14.7. The number of benzene rings is 1. The van der Waals surface area contributed by atoms with E-state index in [4.69, 9.17) is 5.84 Å². The van der Waals surface area contributed by atoms with Crippen molar-refractivity contribution >= 4 is 23.3 Å². The number of anilines is 1. The average Bonchev–Trinajstić information content (AvgIpc) is 2.60. The molecule has 4 N–H and O–H groups in total. The van der Waals surface area contributed by atoms with E-state index in [9.17, 15) is 19.7 Å². The number of nitrogens with two attached hydrogens (primary N) is 1. The zero-order valence-electron chi connectivity index (χ0n) is 11.5. The van der Waals surface area contributed by atoms with Crippen molar-refractivity contribution in [2.75, 3.05) is 5.43 Å². The van der Waals surface area contributed by atoms with E-state index < -0.39 is 16.5 Å². The van der Waals surface area contributed by atoms with Crippen LogP contribution < -0.4 is 16.6 Å². The number of nitrogens with one attached hydrogen (secondary N) is 2. The molecule has 1 aliphatic rings. The highest BCUT2D eigenvalue weighted by Crippen LogP contribution is 2.26. The fraction of sp³-hybridized carbons (Fsp3) is 0.333. The number of nitrogens with zero attached hydrogens (tertiary/aromatic N) is 2. The third-order valence-corrected chi connectivity index (χ3v) is 3.20. The predicted molar refractivity (Wildman–Crippen MR) is 74.1 cm³/mol. The van der Waals surface area contributed by atoms with Gasteiger partial charge in [-0.1, -0.05) is 6.07 Å². The normalized spacial score (nSPS) is 16.8. The summed E-state index contributed by atoms with van der Waals surface area (Å²) in [6, 6.07) is 3.75. The zero-order chi connectivity index (χ0) is 15.8. The van der Waals surface area contributed by atoms with Crippen molar-refractivity contribution in [2.24, 2.45) is 5.84 Å². The lowest BCUT2D eigenvalue weighted by atomic mass is 10.1. The average molecular weight is 293 g/mol. The molecule has 1 heterocycles. The number of nitro groups is 1. The molecule has 1 saturated heterocycles. The second-order valence-electron chi connectivity index (χ2n) is 5.20. The summed E-state index contributed by atoms with van der Waals surface area (Å²) >= 11 is 0. The van der Waals surface area contributed by atoms with Gasteiger partial charge in [0.15, 0.2) is 0 Å². The Labute approximate surface area is 120 Å². The smallest absolute Gasteiger partial charge is 0.324 e. The molecule has 1 aliphatic heterocycles. The van der Waals surface area contributed by atoms with Gasteiger partial charge < -0.3 is 10.7 Å². The Morgan fingerprint density at radius 1 is 1.43 bits per heavy atom.